The summed E-state index contributed by atoms with van der Waals surface area (Å²) in [6.07, 6.45) is 0. The summed E-state index contributed by atoms with van der Waals surface area (Å²) in [7, 11) is 0. The van der Waals surface area contributed by atoms with E-state index >= 15 is 0 Å². The molecule has 0 fully saturated rings. The minimum Gasteiger partial charge on any atom is -0.324 e. The summed E-state index contributed by atoms with van der Waals surface area (Å²) in [6, 6.07) is 27.7. The van der Waals surface area contributed by atoms with Crippen molar-refractivity contribution in [3.8, 4) is 5.69 Å². The van der Waals surface area contributed by atoms with Gasteiger partial charge in [-0.25, -0.2) is 4.98 Å². The molecule has 0 radical (unpaired) electrons. The number of anilines is 1. The second-order valence-electron chi connectivity index (χ2n) is 8.33. The van der Waals surface area contributed by atoms with Crippen molar-refractivity contribution in [3.05, 3.63) is 117 Å². The predicted octanol–water partition coefficient (Wildman–Crippen LogP) is 7.88. The van der Waals surface area contributed by atoms with Gasteiger partial charge in [0, 0.05) is 19.8 Å². The van der Waals surface area contributed by atoms with E-state index in [1.807, 2.05) is 67.6 Å². The van der Waals surface area contributed by atoms with Crippen molar-refractivity contribution in [3.63, 3.8) is 0 Å². The van der Waals surface area contributed by atoms with Crippen molar-refractivity contribution in [2.45, 2.75) is 21.9 Å². The molecule has 5 aromatic rings. The number of hydrogen-bond acceptors (Lipinski definition) is 5. The average Bonchev–Trinajstić information content (AvgIpc) is 2.92. The summed E-state index contributed by atoms with van der Waals surface area (Å²) in [5.41, 5.74) is 2.45. The lowest BCUT2D eigenvalue weighted by molar-refractivity contribution is -0.113. The first kappa shape index (κ1) is 26.4. The van der Waals surface area contributed by atoms with Crippen LogP contribution in [0.25, 0.3) is 16.6 Å². The number of carbonyl (C=O) groups excluding carboxylic acids is 1. The van der Waals surface area contributed by atoms with Crippen LogP contribution in [0.3, 0.4) is 0 Å². The highest BCUT2D eigenvalue weighted by Gasteiger charge is 2.17. The van der Waals surface area contributed by atoms with E-state index in [2.05, 4.69) is 5.32 Å². The molecular formula is C29H21Cl2N3O2S2. The maximum Gasteiger partial charge on any atom is 0.266 e. The van der Waals surface area contributed by atoms with Gasteiger partial charge in [-0.3, -0.25) is 14.2 Å². The molecule has 5 nitrogen and oxygen atoms in total. The van der Waals surface area contributed by atoms with Crippen LogP contribution in [0.2, 0.25) is 10.0 Å². The van der Waals surface area contributed by atoms with Gasteiger partial charge in [-0.1, -0.05) is 77.1 Å². The van der Waals surface area contributed by atoms with E-state index in [0.29, 0.717) is 37.5 Å². The molecule has 0 bridgehead atoms. The number of nitrogens with zero attached hydrogens (tertiary/aromatic N) is 2. The van der Waals surface area contributed by atoms with Gasteiger partial charge in [-0.15, -0.1) is 0 Å². The zero-order chi connectivity index (χ0) is 26.6. The van der Waals surface area contributed by atoms with Crippen molar-refractivity contribution in [1.29, 1.82) is 0 Å². The second kappa shape index (κ2) is 11.7. The highest BCUT2D eigenvalue weighted by Crippen LogP contribution is 2.34. The number of aromatic nitrogens is 2. The van der Waals surface area contributed by atoms with Gasteiger partial charge in [-0.05, 0) is 73.2 Å². The molecule has 0 spiro atoms. The number of carbonyl (C=O) groups is 1. The van der Waals surface area contributed by atoms with Crippen LogP contribution in [-0.4, -0.2) is 21.2 Å². The standard InChI is InChI=1S/C29H21Cl2N3O2S2/c1-18-22(31)8-6-11-25(18)34-28(36)21-7-2-3-9-23(21)33-29(34)37-17-27(35)32-24-10-4-5-12-26(24)38-20-15-13-19(30)14-16-20/h2-16H,17H2,1H3,(H,32,35). The zero-order valence-electron chi connectivity index (χ0n) is 20.2. The Bertz CT molecular complexity index is 1710. The Labute approximate surface area is 238 Å². The molecule has 0 aliphatic carbocycles. The van der Waals surface area contributed by atoms with Crippen LogP contribution < -0.4 is 10.9 Å². The summed E-state index contributed by atoms with van der Waals surface area (Å²) >= 11 is 15.1. The monoisotopic (exact) mass is 577 g/mol. The number of benzene rings is 4. The van der Waals surface area contributed by atoms with E-state index in [1.165, 1.54) is 28.1 Å². The molecule has 190 valence electrons. The number of rotatable bonds is 7. The second-order valence-corrected chi connectivity index (χ2v) is 11.2. The van der Waals surface area contributed by atoms with Gasteiger partial charge in [-0.2, -0.15) is 0 Å². The summed E-state index contributed by atoms with van der Waals surface area (Å²) in [4.78, 5) is 33.2. The molecule has 4 aromatic carbocycles. The predicted molar refractivity (Wildman–Crippen MR) is 158 cm³/mol. The molecule has 1 aromatic heterocycles. The van der Waals surface area contributed by atoms with Crippen LogP contribution in [0.1, 0.15) is 5.56 Å². The highest BCUT2D eigenvalue weighted by atomic mass is 35.5. The van der Waals surface area contributed by atoms with Gasteiger partial charge < -0.3 is 5.32 Å². The molecular weight excluding hydrogens is 557 g/mol. The topological polar surface area (TPSA) is 64.0 Å². The number of fused-ring (bicyclic) bond motifs is 1. The number of nitrogens with one attached hydrogen (secondary N) is 1. The minimum absolute atomic E-state index is 0.0599. The van der Waals surface area contributed by atoms with Crippen LogP contribution >= 0.6 is 46.7 Å². The number of amides is 1. The van der Waals surface area contributed by atoms with E-state index in [0.717, 1.165) is 15.4 Å². The van der Waals surface area contributed by atoms with E-state index < -0.39 is 0 Å². The van der Waals surface area contributed by atoms with Crippen LogP contribution in [0, 0.1) is 6.92 Å². The number of halogens is 2. The Morgan fingerprint density at radius 1 is 0.921 bits per heavy atom. The van der Waals surface area contributed by atoms with Gasteiger partial charge in [0.05, 0.1) is 28.0 Å². The molecule has 0 aliphatic rings. The quantitative estimate of drug-likeness (QED) is 0.157. The summed E-state index contributed by atoms with van der Waals surface area (Å²) in [6.45, 7) is 1.86. The molecule has 5 rings (SSSR count). The maximum absolute atomic E-state index is 13.5. The molecule has 0 aliphatic heterocycles. The Morgan fingerprint density at radius 2 is 1.66 bits per heavy atom. The van der Waals surface area contributed by atoms with Gasteiger partial charge in [0.15, 0.2) is 5.16 Å². The van der Waals surface area contributed by atoms with Crippen molar-refractivity contribution < 1.29 is 4.79 Å². The molecule has 0 atom stereocenters. The zero-order valence-corrected chi connectivity index (χ0v) is 23.3. The highest BCUT2D eigenvalue weighted by molar-refractivity contribution is 8.00. The Morgan fingerprint density at radius 3 is 2.47 bits per heavy atom. The molecule has 1 heterocycles. The molecule has 0 unspecified atom stereocenters. The van der Waals surface area contributed by atoms with Crippen LogP contribution in [0.15, 0.2) is 111 Å². The third kappa shape index (κ3) is 5.76. The largest absolute Gasteiger partial charge is 0.324 e. The van der Waals surface area contributed by atoms with E-state index in [-0.39, 0.29) is 17.2 Å². The first-order chi connectivity index (χ1) is 18.4. The van der Waals surface area contributed by atoms with Crippen molar-refractivity contribution in [1.82, 2.24) is 9.55 Å². The van der Waals surface area contributed by atoms with Gasteiger partial charge in [0.2, 0.25) is 5.91 Å². The third-order valence-corrected chi connectivity index (χ3v) is 8.44. The lowest BCUT2D eigenvalue weighted by atomic mass is 10.2. The van der Waals surface area contributed by atoms with Gasteiger partial charge in [0.25, 0.3) is 5.56 Å². The van der Waals surface area contributed by atoms with Crippen molar-refractivity contribution in [2.75, 3.05) is 11.1 Å². The summed E-state index contributed by atoms with van der Waals surface area (Å²) < 4.78 is 1.53. The van der Waals surface area contributed by atoms with E-state index in [9.17, 15) is 9.59 Å². The Balaban J connectivity index is 1.41. The minimum atomic E-state index is -0.214. The lowest BCUT2D eigenvalue weighted by Gasteiger charge is -2.16. The normalized spacial score (nSPS) is 11.0. The molecule has 38 heavy (non-hydrogen) atoms. The average molecular weight is 579 g/mol. The molecule has 1 N–H and O–H groups in total. The Kier molecular flexibility index (Phi) is 8.09. The van der Waals surface area contributed by atoms with E-state index in [4.69, 9.17) is 28.2 Å². The first-order valence-corrected chi connectivity index (χ1v) is 14.2. The fourth-order valence-electron chi connectivity index (χ4n) is 3.86. The number of para-hydroxylation sites is 2. The fraction of sp³-hybridized carbons (Fsp3) is 0.0690. The third-order valence-electron chi connectivity index (χ3n) is 5.76. The van der Waals surface area contributed by atoms with Crippen molar-refractivity contribution >= 4 is 69.2 Å². The smallest absolute Gasteiger partial charge is 0.266 e. The summed E-state index contributed by atoms with van der Waals surface area (Å²) in [5, 5.41) is 5.13. The summed E-state index contributed by atoms with van der Waals surface area (Å²) in [5.74, 6) is -0.152. The van der Waals surface area contributed by atoms with Crippen LogP contribution in [0.4, 0.5) is 5.69 Å². The van der Waals surface area contributed by atoms with Crippen LogP contribution in [0.5, 0.6) is 0 Å². The molecule has 0 saturated heterocycles. The Hall–Kier alpha value is -3.23. The van der Waals surface area contributed by atoms with Crippen LogP contribution in [-0.2, 0) is 4.79 Å². The fourth-order valence-corrected chi connectivity index (χ4v) is 5.87. The lowest BCUT2D eigenvalue weighted by Crippen LogP contribution is -2.23. The van der Waals surface area contributed by atoms with Gasteiger partial charge in [0.1, 0.15) is 0 Å². The van der Waals surface area contributed by atoms with Gasteiger partial charge >= 0.3 is 0 Å². The SMILES string of the molecule is Cc1c(Cl)cccc1-n1c(SCC(=O)Nc2ccccc2Sc2ccc(Cl)cc2)nc2ccccc2c1=O. The maximum atomic E-state index is 13.5. The first-order valence-electron chi connectivity index (χ1n) is 11.6. The van der Waals surface area contributed by atoms with Crippen molar-refractivity contribution in [2.24, 2.45) is 0 Å². The molecule has 0 saturated carbocycles. The number of hydrogen-bond donors (Lipinski definition) is 1. The van der Waals surface area contributed by atoms with E-state index in [1.54, 1.807) is 30.3 Å². The molecule has 9 heteroatoms. The number of thioether (sulfide) groups is 1. The molecule has 1 amide bonds.